The zero-order valence-corrected chi connectivity index (χ0v) is 13.3. The number of nitrogens with zero attached hydrogens (tertiary/aromatic N) is 1. The summed E-state index contributed by atoms with van der Waals surface area (Å²) < 4.78 is 14.9. The summed E-state index contributed by atoms with van der Waals surface area (Å²) in [5, 5.41) is 9.93. The summed E-state index contributed by atoms with van der Waals surface area (Å²) in [6.45, 7) is 0. The van der Waals surface area contributed by atoms with Crippen LogP contribution in [-0.2, 0) is 6.42 Å². The van der Waals surface area contributed by atoms with E-state index in [0.717, 1.165) is 0 Å². The fraction of sp³-hybridized carbons (Fsp3) is 0.0625. The van der Waals surface area contributed by atoms with E-state index in [4.69, 9.17) is 40.1 Å². The molecule has 0 atom stereocenters. The summed E-state index contributed by atoms with van der Waals surface area (Å²) in [4.78, 5) is 2.96. The number of halogens is 4. The quantitative estimate of drug-likeness (QED) is 0.564. The van der Waals surface area contributed by atoms with E-state index in [-0.39, 0.29) is 16.5 Å². The van der Waals surface area contributed by atoms with Crippen LogP contribution in [0.4, 0.5) is 4.39 Å². The Hall–Kier alpha value is -1.73. The van der Waals surface area contributed by atoms with Crippen LogP contribution < -0.4 is 0 Å². The second kappa shape index (κ2) is 5.81. The maximum Gasteiger partial charge on any atom is 0.140 e. The second-order valence-corrected chi connectivity index (χ2v) is 5.88. The molecular formula is C16H8Cl3FN2. The second-order valence-electron chi connectivity index (χ2n) is 4.72. The van der Waals surface area contributed by atoms with E-state index < -0.39 is 5.82 Å². The lowest BCUT2D eigenvalue weighted by molar-refractivity contribution is 0.642. The Morgan fingerprint density at radius 3 is 2.50 bits per heavy atom. The molecule has 1 aromatic heterocycles. The highest BCUT2D eigenvalue weighted by molar-refractivity contribution is 6.49. The zero-order chi connectivity index (χ0) is 15.9. The van der Waals surface area contributed by atoms with Crippen molar-refractivity contribution in [1.82, 2.24) is 4.98 Å². The normalized spacial score (nSPS) is 10.9. The fourth-order valence-corrected chi connectivity index (χ4v) is 3.05. The van der Waals surface area contributed by atoms with E-state index in [9.17, 15) is 4.39 Å². The van der Waals surface area contributed by atoms with Gasteiger partial charge in [0.05, 0.1) is 27.6 Å². The Morgan fingerprint density at radius 2 is 1.77 bits per heavy atom. The Bertz CT molecular complexity index is 925. The predicted molar refractivity (Wildman–Crippen MR) is 88.0 cm³/mol. The molecule has 2 nitrogen and oxygen atoms in total. The third kappa shape index (κ3) is 2.34. The monoisotopic (exact) mass is 352 g/mol. The van der Waals surface area contributed by atoms with Crippen molar-refractivity contribution in [1.29, 1.82) is 5.26 Å². The van der Waals surface area contributed by atoms with Gasteiger partial charge in [-0.2, -0.15) is 5.26 Å². The Balaban J connectivity index is 2.29. The van der Waals surface area contributed by atoms with Gasteiger partial charge in [-0.25, -0.2) is 4.39 Å². The minimum absolute atomic E-state index is 0.121. The summed E-state index contributed by atoms with van der Waals surface area (Å²) in [7, 11) is 0. The van der Waals surface area contributed by atoms with Gasteiger partial charge < -0.3 is 4.98 Å². The largest absolute Gasteiger partial charge is 0.361 e. The van der Waals surface area contributed by atoms with Crippen LogP contribution in [0.25, 0.3) is 22.0 Å². The molecule has 6 heteroatoms. The minimum atomic E-state index is -0.440. The van der Waals surface area contributed by atoms with Gasteiger partial charge in [0.2, 0.25) is 0 Å². The first-order valence-corrected chi connectivity index (χ1v) is 7.47. The van der Waals surface area contributed by atoms with Crippen LogP contribution in [-0.4, -0.2) is 4.98 Å². The number of aromatic nitrogens is 1. The summed E-state index contributed by atoms with van der Waals surface area (Å²) >= 11 is 18.1. The smallest absolute Gasteiger partial charge is 0.140 e. The lowest BCUT2D eigenvalue weighted by Crippen LogP contribution is -1.90. The molecular weight excluding hydrogens is 346 g/mol. The van der Waals surface area contributed by atoms with Crippen molar-refractivity contribution < 1.29 is 4.39 Å². The summed E-state index contributed by atoms with van der Waals surface area (Å²) in [6.07, 6.45) is 1.76. The molecule has 3 rings (SSSR count). The molecule has 0 saturated carbocycles. The number of fused-ring (bicyclic) bond motifs is 1. The summed E-state index contributed by atoms with van der Waals surface area (Å²) in [6, 6.07) is 8.58. The summed E-state index contributed by atoms with van der Waals surface area (Å²) in [5.41, 5.74) is 2.00. The van der Waals surface area contributed by atoms with Crippen molar-refractivity contribution in [3.63, 3.8) is 0 Å². The first kappa shape index (κ1) is 15.2. The van der Waals surface area contributed by atoms with Crippen LogP contribution in [0.1, 0.15) is 5.56 Å². The highest BCUT2D eigenvalue weighted by Crippen LogP contribution is 2.40. The lowest BCUT2D eigenvalue weighted by atomic mass is 10.0. The molecule has 22 heavy (non-hydrogen) atoms. The van der Waals surface area contributed by atoms with Crippen LogP contribution in [0.15, 0.2) is 30.5 Å². The number of nitrogens with one attached hydrogen (secondary N) is 1. The minimum Gasteiger partial charge on any atom is -0.361 e. The van der Waals surface area contributed by atoms with Gasteiger partial charge in [0.1, 0.15) is 5.82 Å². The number of benzene rings is 2. The van der Waals surface area contributed by atoms with Gasteiger partial charge in [-0.3, -0.25) is 0 Å². The Morgan fingerprint density at radius 1 is 1.05 bits per heavy atom. The SMILES string of the molecule is N#CCc1c[nH]c2ccc(-c3ccc(Cl)c(Cl)c3Cl)c(F)c12. The zero-order valence-electron chi connectivity index (χ0n) is 11.1. The molecule has 0 amide bonds. The van der Waals surface area contributed by atoms with E-state index in [2.05, 4.69) is 4.98 Å². The van der Waals surface area contributed by atoms with E-state index in [1.54, 1.807) is 30.5 Å². The molecule has 0 spiro atoms. The van der Waals surface area contributed by atoms with Gasteiger partial charge in [-0.1, -0.05) is 40.9 Å². The number of aromatic amines is 1. The Labute approximate surface area is 141 Å². The number of nitriles is 1. The van der Waals surface area contributed by atoms with Gasteiger partial charge in [0, 0.05) is 28.2 Å². The first-order chi connectivity index (χ1) is 10.5. The molecule has 0 unspecified atom stereocenters. The molecule has 3 aromatic rings. The van der Waals surface area contributed by atoms with Crippen molar-refractivity contribution in [3.05, 3.63) is 56.9 Å². The maximum atomic E-state index is 14.9. The van der Waals surface area contributed by atoms with Crippen molar-refractivity contribution in [2.75, 3.05) is 0 Å². The topological polar surface area (TPSA) is 39.6 Å². The molecule has 0 bridgehead atoms. The third-order valence-corrected chi connectivity index (χ3v) is 4.75. The van der Waals surface area contributed by atoms with Gasteiger partial charge in [0.25, 0.3) is 0 Å². The molecule has 0 aliphatic heterocycles. The van der Waals surface area contributed by atoms with E-state index in [1.807, 2.05) is 6.07 Å². The molecule has 2 aromatic carbocycles. The molecule has 0 aliphatic carbocycles. The highest BCUT2D eigenvalue weighted by atomic mass is 35.5. The molecule has 0 fully saturated rings. The molecule has 0 aliphatic rings. The lowest BCUT2D eigenvalue weighted by Gasteiger charge is -2.10. The van der Waals surface area contributed by atoms with E-state index >= 15 is 0 Å². The van der Waals surface area contributed by atoms with Gasteiger partial charge >= 0.3 is 0 Å². The van der Waals surface area contributed by atoms with E-state index in [1.165, 1.54) is 0 Å². The highest BCUT2D eigenvalue weighted by Gasteiger charge is 2.18. The van der Waals surface area contributed by atoms with Crippen LogP contribution >= 0.6 is 34.8 Å². The standard InChI is InChI=1S/C16H8Cl3FN2/c17-11-3-1-9(14(18)15(11)19)10-2-4-12-13(16(10)20)8(5-6-21)7-22-12/h1-4,7,22H,5H2. The number of hydrogen-bond donors (Lipinski definition) is 1. The van der Waals surface area contributed by atoms with Crippen molar-refractivity contribution >= 4 is 45.7 Å². The molecule has 110 valence electrons. The van der Waals surface area contributed by atoms with E-state index in [0.29, 0.717) is 32.6 Å². The third-order valence-electron chi connectivity index (χ3n) is 3.46. The van der Waals surface area contributed by atoms with Gasteiger partial charge in [-0.05, 0) is 23.8 Å². The fourth-order valence-electron chi connectivity index (χ4n) is 2.41. The van der Waals surface area contributed by atoms with Crippen LogP contribution in [0.2, 0.25) is 15.1 Å². The van der Waals surface area contributed by atoms with Crippen LogP contribution in [0.5, 0.6) is 0 Å². The molecule has 0 radical (unpaired) electrons. The summed E-state index contributed by atoms with van der Waals surface area (Å²) in [5.74, 6) is -0.440. The first-order valence-electron chi connectivity index (χ1n) is 6.34. The van der Waals surface area contributed by atoms with Crippen molar-refractivity contribution in [2.45, 2.75) is 6.42 Å². The maximum absolute atomic E-state index is 14.9. The average molecular weight is 354 g/mol. The molecule has 0 saturated heterocycles. The van der Waals surface area contributed by atoms with Crippen molar-refractivity contribution in [3.8, 4) is 17.2 Å². The Kier molecular flexibility index (Phi) is 4.01. The molecule has 1 heterocycles. The van der Waals surface area contributed by atoms with Gasteiger partial charge in [0.15, 0.2) is 0 Å². The van der Waals surface area contributed by atoms with Crippen molar-refractivity contribution in [2.24, 2.45) is 0 Å². The number of rotatable bonds is 2. The molecule has 1 N–H and O–H groups in total. The van der Waals surface area contributed by atoms with Gasteiger partial charge in [-0.15, -0.1) is 0 Å². The average Bonchev–Trinajstić information content (AvgIpc) is 2.91. The van der Waals surface area contributed by atoms with Crippen LogP contribution in [0.3, 0.4) is 0 Å². The number of H-pyrrole nitrogens is 1. The number of hydrogen-bond acceptors (Lipinski definition) is 1. The van der Waals surface area contributed by atoms with Crippen LogP contribution in [0, 0.1) is 17.1 Å². The predicted octanol–water partition coefficient (Wildman–Crippen LogP) is 6.00.